The van der Waals surface area contributed by atoms with E-state index in [0.717, 1.165) is 6.07 Å². The number of nitriles is 2. The Balaban J connectivity index is 2.13. The maximum absolute atomic E-state index is 15.1. The first-order valence-electron chi connectivity index (χ1n) is 9.07. The van der Waals surface area contributed by atoms with Crippen molar-refractivity contribution in [1.29, 1.82) is 10.5 Å². The van der Waals surface area contributed by atoms with Crippen LogP contribution >= 0.6 is 0 Å². The Morgan fingerprint density at radius 2 is 2.03 bits per heavy atom. The number of carbonyl (C=O) groups is 1. The number of benzene rings is 1. The summed E-state index contributed by atoms with van der Waals surface area (Å²) in [5.74, 6) is -1.44. The lowest BCUT2D eigenvalue weighted by Crippen LogP contribution is -2.33. The van der Waals surface area contributed by atoms with E-state index in [0.29, 0.717) is 0 Å². The van der Waals surface area contributed by atoms with E-state index in [1.54, 1.807) is 27.0 Å². The number of nitrogens with one attached hydrogen (secondary N) is 2. The molecule has 0 fully saturated rings. The fraction of sp³-hybridized carbons (Fsp3) is 0.250. The Labute approximate surface area is 177 Å². The van der Waals surface area contributed by atoms with Gasteiger partial charge in [-0.1, -0.05) is 6.07 Å². The van der Waals surface area contributed by atoms with Crippen LogP contribution in [0.5, 0.6) is 0 Å². The summed E-state index contributed by atoms with van der Waals surface area (Å²) in [6, 6.07) is 4.61. The molecule has 1 aliphatic rings. The number of esters is 1. The van der Waals surface area contributed by atoms with E-state index in [-0.39, 0.29) is 45.5 Å². The molecule has 1 atom stereocenters. The second kappa shape index (κ2) is 7.80. The van der Waals surface area contributed by atoms with Crippen LogP contribution in [0.1, 0.15) is 53.9 Å². The number of pyridine rings is 1. The molecule has 3 rings (SSSR count). The van der Waals surface area contributed by atoms with Gasteiger partial charge >= 0.3 is 5.97 Å². The van der Waals surface area contributed by atoms with Crippen LogP contribution in [-0.2, 0) is 4.74 Å². The molecule has 2 heterocycles. The molecule has 31 heavy (non-hydrogen) atoms. The summed E-state index contributed by atoms with van der Waals surface area (Å²) in [5, 5.41) is 23.4. The van der Waals surface area contributed by atoms with Gasteiger partial charge in [-0.15, -0.1) is 0 Å². The highest BCUT2D eigenvalue weighted by molar-refractivity contribution is 5.98. The summed E-state index contributed by atoms with van der Waals surface area (Å²) >= 11 is 0. The molecule has 2 aromatic rings. The van der Waals surface area contributed by atoms with Crippen LogP contribution in [0.25, 0.3) is 0 Å². The van der Waals surface area contributed by atoms with Crippen molar-refractivity contribution in [3.8, 4) is 12.3 Å². The number of rotatable bonds is 2. The maximum Gasteiger partial charge on any atom is 0.338 e. The summed E-state index contributed by atoms with van der Waals surface area (Å²) < 4.78 is 20.4. The van der Waals surface area contributed by atoms with Gasteiger partial charge in [0.05, 0.1) is 11.3 Å². The Morgan fingerprint density at radius 3 is 2.61 bits per heavy atom. The molecule has 0 spiro atoms. The normalized spacial score (nSPS) is 14.9. The molecule has 10 nitrogen and oxygen atoms in total. The summed E-state index contributed by atoms with van der Waals surface area (Å²) in [4.78, 5) is 20.7. The van der Waals surface area contributed by atoms with Gasteiger partial charge in [0.1, 0.15) is 40.7 Å². The topological polar surface area (TPSA) is 175 Å². The van der Waals surface area contributed by atoms with E-state index in [2.05, 4.69) is 20.6 Å². The average molecular weight is 422 g/mol. The highest BCUT2D eigenvalue weighted by atomic mass is 19.1. The van der Waals surface area contributed by atoms with Crippen molar-refractivity contribution in [3.63, 3.8) is 0 Å². The minimum atomic E-state index is -1.06. The molecule has 158 valence electrons. The molecule has 1 aromatic carbocycles. The smallest absolute Gasteiger partial charge is 0.338 e. The molecular weight excluding hydrogens is 403 g/mol. The van der Waals surface area contributed by atoms with E-state index >= 15 is 4.39 Å². The Hall–Kier alpha value is -4.38. The lowest BCUT2D eigenvalue weighted by Gasteiger charge is -2.26. The molecular formula is C20H19FN8O2. The van der Waals surface area contributed by atoms with Gasteiger partial charge in [0.15, 0.2) is 6.19 Å². The number of ether oxygens (including phenoxy) is 1. The summed E-state index contributed by atoms with van der Waals surface area (Å²) in [6.07, 6.45) is 1.71. The molecule has 0 saturated heterocycles. The van der Waals surface area contributed by atoms with Gasteiger partial charge in [0.25, 0.3) is 0 Å². The van der Waals surface area contributed by atoms with Gasteiger partial charge in [0, 0.05) is 11.1 Å². The SMILES string of the molecule is CC(C)(C)OC(=O)c1ccc(C2N=C(NC#N)Nc3nc(N)c(C#N)c(N)c32)c(F)c1. The van der Waals surface area contributed by atoms with Crippen molar-refractivity contribution in [2.75, 3.05) is 16.8 Å². The van der Waals surface area contributed by atoms with Gasteiger partial charge in [-0.2, -0.15) is 10.5 Å². The third-order valence-electron chi connectivity index (χ3n) is 4.29. The molecule has 0 aliphatic carbocycles. The third kappa shape index (κ3) is 4.16. The number of aliphatic imine (C=N–C) groups is 1. The Bertz CT molecular complexity index is 1190. The second-order valence-corrected chi connectivity index (χ2v) is 7.64. The molecule has 11 heteroatoms. The third-order valence-corrected chi connectivity index (χ3v) is 4.29. The predicted molar refractivity (Wildman–Crippen MR) is 111 cm³/mol. The van der Waals surface area contributed by atoms with E-state index in [4.69, 9.17) is 21.5 Å². The Morgan fingerprint density at radius 1 is 1.32 bits per heavy atom. The molecule has 1 aliphatic heterocycles. The van der Waals surface area contributed by atoms with Crippen LogP contribution in [0.2, 0.25) is 0 Å². The zero-order chi connectivity index (χ0) is 22.9. The molecule has 0 amide bonds. The lowest BCUT2D eigenvalue weighted by atomic mass is 9.94. The average Bonchev–Trinajstić information content (AvgIpc) is 2.66. The molecule has 1 unspecified atom stereocenters. The van der Waals surface area contributed by atoms with Crippen LogP contribution < -0.4 is 22.1 Å². The monoisotopic (exact) mass is 422 g/mol. The first-order valence-corrected chi connectivity index (χ1v) is 9.07. The van der Waals surface area contributed by atoms with Gasteiger partial charge < -0.3 is 21.5 Å². The highest BCUT2D eigenvalue weighted by Crippen LogP contribution is 2.41. The largest absolute Gasteiger partial charge is 0.456 e. The van der Waals surface area contributed by atoms with Crippen LogP contribution in [0.3, 0.4) is 0 Å². The van der Waals surface area contributed by atoms with Crippen LogP contribution in [-0.4, -0.2) is 22.5 Å². The van der Waals surface area contributed by atoms with E-state index in [1.165, 1.54) is 12.1 Å². The quantitative estimate of drug-likeness (QED) is 0.321. The Kier molecular flexibility index (Phi) is 5.37. The zero-order valence-electron chi connectivity index (χ0n) is 16.9. The minimum absolute atomic E-state index is 0.00775. The standard InChI is InChI=1S/C20H19FN8O2/c1-20(2,3)31-18(30)9-4-5-10(12(21)6-9)15-13-14(24)11(7-22)16(25)28-17(13)29-19(27-15)26-8-23/h4-6,15H,1-3H3,(H6,24,25,26,27,28,29). The van der Waals surface area contributed by atoms with Gasteiger partial charge in [0.2, 0.25) is 5.96 Å². The highest BCUT2D eigenvalue weighted by Gasteiger charge is 2.31. The number of fused-ring (bicyclic) bond motifs is 1. The predicted octanol–water partition coefficient (Wildman–Crippen LogP) is 2.15. The van der Waals surface area contributed by atoms with Crippen LogP contribution in [0, 0.1) is 28.6 Å². The first-order chi connectivity index (χ1) is 14.6. The van der Waals surface area contributed by atoms with E-state index in [1.807, 2.05) is 6.07 Å². The number of nitrogens with two attached hydrogens (primary N) is 2. The number of halogens is 1. The summed E-state index contributed by atoms with van der Waals surface area (Å²) in [6.45, 7) is 5.11. The number of nitrogens with zero attached hydrogens (tertiary/aromatic N) is 4. The zero-order valence-corrected chi connectivity index (χ0v) is 16.9. The van der Waals surface area contributed by atoms with Gasteiger partial charge in [-0.05, 0) is 32.9 Å². The van der Waals surface area contributed by atoms with Gasteiger partial charge in [-0.25, -0.2) is 19.2 Å². The second-order valence-electron chi connectivity index (χ2n) is 7.64. The number of anilines is 3. The number of carbonyl (C=O) groups excluding carboxylic acids is 1. The van der Waals surface area contributed by atoms with E-state index < -0.39 is 23.4 Å². The van der Waals surface area contributed by atoms with Crippen molar-refractivity contribution >= 4 is 29.3 Å². The summed E-state index contributed by atoms with van der Waals surface area (Å²) in [5.41, 5.74) is 11.4. The van der Waals surface area contributed by atoms with Crippen molar-refractivity contribution in [1.82, 2.24) is 10.3 Å². The summed E-state index contributed by atoms with van der Waals surface area (Å²) in [7, 11) is 0. The van der Waals surface area contributed by atoms with Crippen molar-refractivity contribution in [2.24, 2.45) is 4.99 Å². The molecule has 6 N–H and O–H groups in total. The van der Waals surface area contributed by atoms with Crippen LogP contribution in [0.15, 0.2) is 23.2 Å². The van der Waals surface area contributed by atoms with Crippen LogP contribution in [0.4, 0.5) is 21.7 Å². The molecule has 0 saturated carbocycles. The number of hydrogen-bond donors (Lipinski definition) is 4. The molecule has 0 bridgehead atoms. The maximum atomic E-state index is 15.1. The van der Waals surface area contributed by atoms with Crippen molar-refractivity contribution < 1.29 is 13.9 Å². The fourth-order valence-corrected chi connectivity index (χ4v) is 3.02. The van der Waals surface area contributed by atoms with Gasteiger partial charge in [-0.3, -0.25) is 5.32 Å². The number of hydrogen-bond acceptors (Lipinski definition) is 10. The van der Waals surface area contributed by atoms with Crippen molar-refractivity contribution in [2.45, 2.75) is 32.4 Å². The number of guanidine groups is 1. The molecule has 0 radical (unpaired) electrons. The van der Waals surface area contributed by atoms with E-state index in [9.17, 15) is 10.1 Å². The lowest BCUT2D eigenvalue weighted by molar-refractivity contribution is 0.00689. The number of aromatic nitrogens is 1. The molecule has 1 aromatic heterocycles. The minimum Gasteiger partial charge on any atom is -0.456 e. The first kappa shape index (κ1) is 21.3. The fourth-order valence-electron chi connectivity index (χ4n) is 3.02. The van der Waals surface area contributed by atoms with Crippen molar-refractivity contribution in [3.05, 3.63) is 46.3 Å². The number of nitrogen functional groups attached to an aromatic ring is 2.